The minimum atomic E-state index is 0.577. The Kier molecular flexibility index (Phi) is 14.1. The van der Waals surface area contributed by atoms with E-state index >= 15 is 0 Å². The predicted octanol–water partition coefficient (Wildman–Crippen LogP) is 9.17. The summed E-state index contributed by atoms with van der Waals surface area (Å²) in [4.78, 5) is 4.38. The molecule has 2 atom stereocenters. The van der Waals surface area contributed by atoms with Crippen LogP contribution in [0.3, 0.4) is 0 Å². The fraction of sp³-hybridized carbons (Fsp3) is 0.690. The van der Waals surface area contributed by atoms with Gasteiger partial charge in [-0.1, -0.05) is 128 Å². The summed E-state index contributed by atoms with van der Waals surface area (Å²) in [6.07, 6.45) is 28.1. The number of unbranched alkanes of at least 4 members (excludes halogenated alkanes) is 11. The number of nitrogens with zero attached hydrogens (tertiary/aromatic N) is 2. The molecule has 0 bridgehead atoms. The smallest absolute Gasteiger partial charge is 0.0948 e. The van der Waals surface area contributed by atoms with Crippen LogP contribution < -0.4 is 0 Å². The maximum Gasteiger partial charge on any atom is 0.0948 e. The second-order valence-electron chi connectivity index (χ2n) is 9.49. The molecule has 0 N–H and O–H groups in total. The van der Waals surface area contributed by atoms with Crippen molar-refractivity contribution in [2.75, 3.05) is 0 Å². The molecule has 0 fully saturated rings. The molecule has 1 aromatic heterocycles. The molecule has 1 heterocycles. The molecular weight excluding hydrogens is 376 g/mol. The van der Waals surface area contributed by atoms with Crippen LogP contribution in [0, 0.1) is 5.92 Å². The highest BCUT2D eigenvalue weighted by molar-refractivity contribution is 5.15. The fourth-order valence-corrected chi connectivity index (χ4v) is 4.93. The Morgan fingerprint density at radius 1 is 0.710 bits per heavy atom. The zero-order valence-electron chi connectivity index (χ0n) is 20.5. The first kappa shape index (κ1) is 25.7. The topological polar surface area (TPSA) is 17.8 Å². The van der Waals surface area contributed by atoms with E-state index in [2.05, 4.69) is 59.9 Å². The lowest BCUT2D eigenvalue weighted by Gasteiger charge is -2.29. The Hall–Kier alpha value is -1.57. The molecule has 2 heteroatoms. The summed E-state index contributed by atoms with van der Waals surface area (Å²) in [6, 6.07) is 11.7. The second kappa shape index (κ2) is 17.0. The number of imidazole rings is 1. The number of hydrogen-bond donors (Lipinski definition) is 0. The van der Waals surface area contributed by atoms with Crippen LogP contribution in [0.5, 0.6) is 0 Å². The Balaban J connectivity index is 1.77. The van der Waals surface area contributed by atoms with Crippen LogP contribution in [0.1, 0.15) is 122 Å². The minimum absolute atomic E-state index is 0.577. The third-order valence-electron chi connectivity index (χ3n) is 6.82. The van der Waals surface area contributed by atoms with E-state index < -0.39 is 0 Å². The molecule has 0 aliphatic carbocycles. The standard InChI is InChI=1S/C29H48N2/c1-3-5-7-8-9-10-11-12-13-14-18-22-29(31-24-23-30-26-31)28(21-6-4-2)25-27-19-16-15-17-20-27/h15-17,19-20,23-24,26,28-29H,3-14,18,21-22,25H2,1-2H3. The summed E-state index contributed by atoms with van der Waals surface area (Å²) >= 11 is 0. The summed E-state index contributed by atoms with van der Waals surface area (Å²) < 4.78 is 2.40. The van der Waals surface area contributed by atoms with Gasteiger partial charge in [0.05, 0.1) is 6.33 Å². The van der Waals surface area contributed by atoms with Gasteiger partial charge in [-0.25, -0.2) is 4.98 Å². The molecule has 1 aromatic carbocycles. The Labute approximate surface area is 192 Å². The van der Waals surface area contributed by atoms with Crippen LogP contribution in [0.2, 0.25) is 0 Å². The average molecular weight is 425 g/mol. The van der Waals surface area contributed by atoms with Crippen molar-refractivity contribution < 1.29 is 0 Å². The quantitative estimate of drug-likeness (QED) is 0.205. The van der Waals surface area contributed by atoms with Crippen LogP contribution in [-0.2, 0) is 6.42 Å². The van der Waals surface area contributed by atoms with Gasteiger partial charge in [-0.15, -0.1) is 0 Å². The van der Waals surface area contributed by atoms with Gasteiger partial charge in [0.1, 0.15) is 0 Å². The molecule has 2 unspecified atom stereocenters. The van der Waals surface area contributed by atoms with Gasteiger partial charge in [0.15, 0.2) is 0 Å². The van der Waals surface area contributed by atoms with Gasteiger partial charge in [-0.3, -0.25) is 0 Å². The lowest BCUT2D eigenvalue weighted by atomic mass is 9.85. The van der Waals surface area contributed by atoms with E-state index in [0.717, 1.165) is 0 Å². The van der Waals surface area contributed by atoms with E-state index in [0.29, 0.717) is 12.0 Å². The van der Waals surface area contributed by atoms with Crippen LogP contribution in [0.4, 0.5) is 0 Å². The summed E-state index contributed by atoms with van der Waals surface area (Å²) in [7, 11) is 0. The molecule has 2 aromatic rings. The molecule has 0 radical (unpaired) electrons. The molecule has 0 saturated heterocycles. The van der Waals surface area contributed by atoms with Gasteiger partial charge in [0, 0.05) is 18.4 Å². The second-order valence-corrected chi connectivity index (χ2v) is 9.49. The van der Waals surface area contributed by atoms with Crippen LogP contribution in [0.25, 0.3) is 0 Å². The maximum absolute atomic E-state index is 4.38. The van der Waals surface area contributed by atoms with Gasteiger partial charge >= 0.3 is 0 Å². The Morgan fingerprint density at radius 3 is 1.90 bits per heavy atom. The molecule has 0 spiro atoms. The van der Waals surface area contributed by atoms with Crippen molar-refractivity contribution in [3.8, 4) is 0 Å². The molecular formula is C29H48N2. The molecule has 2 nitrogen and oxygen atoms in total. The van der Waals surface area contributed by atoms with Crippen molar-refractivity contribution in [1.29, 1.82) is 0 Å². The maximum atomic E-state index is 4.38. The highest BCUT2D eigenvalue weighted by Crippen LogP contribution is 2.32. The molecule has 0 amide bonds. The van der Waals surface area contributed by atoms with Crippen molar-refractivity contribution in [2.24, 2.45) is 5.92 Å². The molecule has 0 saturated carbocycles. The lowest BCUT2D eigenvalue weighted by molar-refractivity contribution is 0.277. The van der Waals surface area contributed by atoms with E-state index in [-0.39, 0.29) is 0 Å². The third-order valence-corrected chi connectivity index (χ3v) is 6.82. The molecule has 174 valence electrons. The first-order valence-corrected chi connectivity index (χ1v) is 13.4. The summed E-state index contributed by atoms with van der Waals surface area (Å²) in [5.41, 5.74) is 1.48. The van der Waals surface area contributed by atoms with Gasteiger partial charge < -0.3 is 4.57 Å². The molecule has 0 aliphatic heterocycles. The highest BCUT2D eigenvalue weighted by Gasteiger charge is 2.22. The van der Waals surface area contributed by atoms with E-state index in [1.54, 1.807) is 0 Å². The van der Waals surface area contributed by atoms with Gasteiger partial charge in [0.2, 0.25) is 0 Å². The fourth-order valence-electron chi connectivity index (χ4n) is 4.93. The van der Waals surface area contributed by atoms with E-state index in [9.17, 15) is 0 Å². The van der Waals surface area contributed by atoms with Gasteiger partial charge in [0.25, 0.3) is 0 Å². The average Bonchev–Trinajstić information content (AvgIpc) is 3.33. The first-order valence-electron chi connectivity index (χ1n) is 13.4. The predicted molar refractivity (Wildman–Crippen MR) is 136 cm³/mol. The largest absolute Gasteiger partial charge is 0.334 e. The van der Waals surface area contributed by atoms with E-state index in [1.807, 2.05) is 12.5 Å². The molecule has 0 aliphatic rings. The van der Waals surface area contributed by atoms with Gasteiger partial charge in [-0.05, 0) is 30.7 Å². The lowest BCUT2D eigenvalue weighted by Crippen LogP contribution is -2.21. The summed E-state index contributed by atoms with van der Waals surface area (Å²) in [5, 5.41) is 0. The van der Waals surface area contributed by atoms with Crippen LogP contribution in [-0.4, -0.2) is 9.55 Å². The van der Waals surface area contributed by atoms with Crippen molar-refractivity contribution in [1.82, 2.24) is 9.55 Å². The van der Waals surface area contributed by atoms with Crippen LogP contribution in [0.15, 0.2) is 49.1 Å². The highest BCUT2D eigenvalue weighted by atomic mass is 15.1. The third kappa shape index (κ3) is 11.0. The molecule has 31 heavy (non-hydrogen) atoms. The van der Waals surface area contributed by atoms with Crippen molar-refractivity contribution >= 4 is 0 Å². The zero-order valence-corrected chi connectivity index (χ0v) is 20.5. The summed E-state index contributed by atoms with van der Waals surface area (Å²) in [6.45, 7) is 4.61. The van der Waals surface area contributed by atoms with Gasteiger partial charge in [-0.2, -0.15) is 0 Å². The number of benzene rings is 1. The number of aromatic nitrogens is 2. The van der Waals surface area contributed by atoms with E-state index in [1.165, 1.54) is 108 Å². The first-order chi connectivity index (χ1) is 15.3. The van der Waals surface area contributed by atoms with Crippen molar-refractivity contribution in [2.45, 2.75) is 123 Å². The van der Waals surface area contributed by atoms with E-state index in [4.69, 9.17) is 0 Å². The minimum Gasteiger partial charge on any atom is -0.334 e. The van der Waals surface area contributed by atoms with Crippen molar-refractivity contribution in [3.05, 3.63) is 54.6 Å². The Bertz CT molecular complexity index is 619. The monoisotopic (exact) mass is 424 g/mol. The van der Waals surface area contributed by atoms with Crippen molar-refractivity contribution in [3.63, 3.8) is 0 Å². The number of hydrogen-bond acceptors (Lipinski definition) is 1. The Morgan fingerprint density at radius 2 is 1.32 bits per heavy atom. The van der Waals surface area contributed by atoms with Crippen LogP contribution >= 0.6 is 0 Å². The summed E-state index contributed by atoms with van der Waals surface area (Å²) in [5.74, 6) is 0.694. The zero-order chi connectivity index (χ0) is 22.0. The molecule has 2 rings (SSSR count). The SMILES string of the molecule is CCCCCCCCCCCCCC(C(CCCC)Cc1ccccc1)n1ccnc1. The normalized spacial score (nSPS) is 13.4. The number of rotatable bonds is 19.